The number of imide groups is 2. The number of amides is 4. The minimum Gasteiger partial charge on any atom is -0.263 e. The minimum absolute atomic E-state index is 0.0272. The number of nitrogens with zero attached hydrogens (tertiary/aromatic N) is 3. The van der Waals surface area contributed by atoms with Gasteiger partial charge in [0.25, 0.3) is 0 Å². The summed E-state index contributed by atoms with van der Waals surface area (Å²) in [5.74, 6) is -1.65. The number of hydrogen-bond donors (Lipinski definition) is 0. The van der Waals surface area contributed by atoms with Crippen molar-refractivity contribution >= 4 is 17.8 Å². The second-order valence-corrected chi connectivity index (χ2v) is 3.85. The van der Waals surface area contributed by atoms with Crippen LogP contribution >= 0.6 is 0 Å². The summed E-state index contributed by atoms with van der Waals surface area (Å²) in [6.07, 6.45) is 0. The Morgan fingerprint density at radius 2 is 1.72 bits per heavy atom. The number of nitriles is 1. The van der Waals surface area contributed by atoms with Gasteiger partial charge in [0.2, 0.25) is 0 Å². The van der Waals surface area contributed by atoms with Crippen molar-refractivity contribution in [3.63, 3.8) is 0 Å². The number of likely N-dealkylation sites (N-methyl/N-ethyl adjacent to an activating group) is 1. The van der Waals surface area contributed by atoms with Gasteiger partial charge in [0, 0.05) is 7.05 Å². The highest BCUT2D eigenvalue weighted by Gasteiger charge is 2.41. The first-order valence-electron chi connectivity index (χ1n) is 5.17. The molecule has 18 heavy (non-hydrogen) atoms. The first-order valence-corrected chi connectivity index (χ1v) is 5.17. The molecule has 1 saturated heterocycles. The Balaban J connectivity index is 2.19. The van der Waals surface area contributed by atoms with E-state index in [2.05, 4.69) is 0 Å². The van der Waals surface area contributed by atoms with E-state index in [-0.39, 0.29) is 6.54 Å². The average Bonchev–Trinajstić information content (AvgIpc) is 2.57. The molecule has 0 atom stereocenters. The molecule has 2 rings (SSSR count). The van der Waals surface area contributed by atoms with Crippen LogP contribution in [0.3, 0.4) is 0 Å². The summed E-state index contributed by atoms with van der Waals surface area (Å²) in [5.41, 5.74) is 1.17. The molecule has 1 aromatic rings. The largest absolute Gasteiger partial charge is 0.334 e. The topological polar surface area (TPSA) is 81.5 Å². The van der Waals surface area contributed by atoms with Gasteiger partial charge >= 0.3 is 17.8 Å². The second-order valence-electron chi connectivity index (χ2n) is 3.85. The van der Waals surface area contributed by atoms with Gasteiger partial charge in [-0.3, -0.25) is 19.4 Å². The van der Waals surface area contributed by atoms with Crippen LogP contribution in [0.4, 0.5) is 4.79 Å². The lowest BCUT2D eigenvalue weighted by molar-refractivity contribution is -0.143. The van der Waals surface area contributed by atoms with E-state index in [1.165, 1.54) is 7.05 Å². The Hall–Kier alpha value is -2.68. The van der Waals surface area contributed by atoms with Gasteiger partial charge in [-0.05, 0) is 17.7 Å². The van der Waals surface area contributed by atoms with Crippen LogP contribution in [0.5, 0.6) is 0 Å². The normalized spacial score (nSPS) is 15.2. The first kappa shape index (κ1) is 11.8. The average molecular weight is 243 g/mol. The third-order valence-corrected chi connectivity index (χ3v) is 2.67. The van der Waals surface area contributed by atoms with Gasteiger partial charge in [-0.15, -0.1) is 0 Å². The van der Waals surface area contributed by atoms with Gasteiger partial charge in [0.15, 0.2) is 0 Å². The van der Waals surface area contributed by atoms with Gasteiger partial charge in [0.05, 0.1) is 18.2 Å². The fourth-order valence-corrected chi connectivity index (χ4v) is 1.62. The molecular weight excluding hydrogens is 234 g/mol. The molecule has 4 amide bonds. The lowest BCUT2D eigenvalue weighted by Crippen LogP contribution is -2.30. The number of urea groups is 1. The Morgan fingerprint density at radius 3 is 2.17 bits per heavy atom. The van der Waals surface area contributed by atoms with E-state index in [0.717, 1.165) is 9.80 Å². The number of carbonyl (C=O) groups excluding carboxylic acids is 3. The second kappa shape index (κ2) is 4.30. The van der Waals surface area contributed by atoms with E-state index < -0.39 is 17.8 Å². The summed E-state index contributed by atoms with van der Waals surface area (Å²) in [6.45, 7) is 0.0272. The fourth-order valence-electron chi connectivity index (χ4n) is 1.62. The van der Waals surface area contributed by atoms with Crippen molar-refractivity contribution in [2.75, 3.05) is 7.05 Å². The van der Waals surface area contributed by atoms with Crippen molar-refractivity contribution in [3.05, 3.63) is 35.4 Å². The van der Waals surface area contributed by atoms with E-state index >= 15 is 0 Å². The first-order chi connectivity index (χ1) is 8.54. The summed E-state index contributed by atoms with van der Waals surface area (Å²) in [6, 6.07) is 7.80. The standard InChI is InChI=1S/C12H9N3O3/c1-14-10(16)11(17)15(12(14)18)7-9-4-2-8(6-13)3-5-9/h2-5H,7H2,1H3. The van der Waals surface area contributed by atoms with Gasteiger partial charge < -0.3 is 0 Å². The number of benzene rings is 1. The monoisotopic (exact) mass is 243 g/mol. The van der Waals surface area contributed by atoms with Crippen LogP contribution in [0.2, 0.25) is 0 Å². The van der Waals surface area contributed by atoms with Gasteiger partial charge in [-0.25, -0.2) is 4.79 Å². The molecule has 1 aliphatic heterocycles. The molecule has 6 heteroatoms. The summed E-state index contributed by atoms with van der Waals surface area (Å²) in [5, 5.41) is 8.65. The van der Waals surface area contributed by atoms with Crippen LogP contribution in [0, 0.1) is 11.3 Å². The van der Waals surface area contributed by atoms with Crippen molar-refractivity contribution in [1.29, 1.82) is 5.26 Å². The van der Waals surface area contributed by atoms with Crippen molar-refractivity contribution in [1.82, 2.24) is 9.80 Å². The molecule has 6 nitrogen and oxygen atoms in total. The third kappa shape index (κ3) is 1.82. The zero-order valence-corrected chi connectivity index (χ0v) is 9.58. The number of rotatable bonds is 2. The molecule has 1 heterocycles. The Labute approximate surface area is 103 Å². The van der Waals surface area contributed by atoms with E-state index in [0.29, 0.717) is 11.1 Å². The lowest BCUT2D eigenvalue weighted by Gasteiger charge is -2.12. The molecule has 0 aliphatic carbocycles. The third-order valence-electron chi connectivity index (χ3n) is 2.67. The minimum atomic E-state index is -0.827. The van der Waals surface area contributed by atoms with Gasteiger partial charge in [0.1, 0.15) is 0 Å². The summed E-state index contributed by atoms with van der Waals surface area (Å²) < 4.78 is 0. The molecule has 0 spiro atoms. The molecule has 1 aliphatic rings. The lowest BCUT2D eigenvalue weighted by atomic mass is 10.1. The van der Waals surface area contributed by atoms with Crippen LogP contribution in [-0.4, -0.2) is 34.7 Å². The zero-order valence-electron chi connectivity index (χ0n) is 9.58. The molecule has 0 unspecified atom stereocenters. The van der Waals surface area contributed by atoms with Crippen molar-refractivity contribution in [2.45, 2.75) is 6.54 Å². The smallest absolute Gasteiger partial charge is 0.263 e. The summed E-state index contributed by atoms with van der Waals surface area (Å²) >= 11 is 0. The van der Waals surface area contributed by atoms with E-state index in [1.54, 1.807) is 24.3 Å². The highest BCUT2D eigenvalue weighted by molar-refractivity contribution is 6.44. The quantitative estimate of drug-likeness (QED) is 0.558. The zero-order chi connectivity index (χ0) is 13.3. The van der Waals surface area contributed by atoms with Crippen LogP contribution in [-0.2, 0) is 16.1 Å². The maximum Gasteiger partial charge on any atom is 0.334 e. The number of carbonyl (C=O) groups is 3. The molecule has 0 bridgehead atoms. The van der Waals surface area contributed by atoms with Crippen molar-refractivity contribution in [3.8, 4) is 6.07 Å². The van der Waals surface area contributed by atoms with Crippen LogP contribution in [0.25, 0.3) is 0 Å². The molecule has 90 valence electrons. The SMILES string of the molecule is CN1C(=O)C(=O)N(Cc2ccc(C#N)cc2)C1=O. The maximum absolute atomic E-state index is 11.6. The van der Waals surface area contributed by atoms with Crippen LogP contribution in [0.1, 0.15) is 11.1 Å². The van der Waals surface area contributed by atoms with Crippen molar-refractivity contribution in [2.24, 2.45) is 0 Å². The predicted octanol–water partition coefficient (Wildman–Crippen LogP) is 0.479. The van der Waals surface area contributed by atoms with E-state index in [4.69, 9.17) is 5.26 Å². The molecule has 0 aromatic heterocycles. The van der Waals surface area contributed by atoms with E-state index in [1.807, 2.05) is 6.07 Å². The predicted molar refractivity (Wildman–Crippen MR) is 59.9 cm³/mol. The molecular formula is C12H9N3O3. The van der Waals surface area contributed by atoms with E-state index in [9.17, 15) is 14.4 Å². The molecule has 1 fully saturated rings. The summed E-state index contributed by atoms with van der Waals surface area (Å²) in [7, 11) is 1.27. The van der Waals surface area contributed by atoms with Gasteiger partial charge in [-0.1, -0.05) is 12.1 Å². The van der Waals surface area contributed by atoms with Crippen molar-refractivity contribution < 1.29 is 14.4 Å². The molecule has 0 radical (unpaired) electrons. The fraction of sp³-hybridized carbons (Fsp3) is 0.167. The number of hydrogen-bond acceptors (Lipinski definition) is 4. The molecule has 0 saturated carbocycles. The highest BCUT2D eigenvalue weighted by atomic mass is 16.2. The Bertz CT molecular complexity index is 571. The Kier molecular flexibility index (Phi) is 2.81. The van der Waals surface area contributed by atoms with Gasteiger partial charge in [-0.2, -0.15) is 5.26 Å². The maximum atomic E-state index is 11.6. The molecule has 1 aromatic carbocycles. The van der Waals surface area contributed by atoms with Crippen LogP contribution < -0.4 is 0 Å². The highest BCUT2D eigenvalue weighted by Crippen LogP contribution is 2.14. The van der Waals surface area contributed by atoms with Crippen LogP contribution in [0.15, 0.2) is 24.3 Å². The summed E-state index contributed by atoms with van der Waals surface area (Å²) in [4.78, 5) is 36.1. The molecule has 0 N–H and O–H groups in total. The Morgan fingerprint density at radius 1 is 1.11 bits per heavy atom.